The molecule has 21 heavy (non-hydrogen) atoms. The lowest BCUT2D eigenvalue weighted by Gasteiger charge is -2.28. The number of aryl methyl sites for hydroxylation is 2. The normalized spacial score (nSPS) is 10.9. The van der Waals surface area contributed by atoms with Crippen LogP contribution < -0.4 is 10.6 Å². The maximum absolute atomic E-state index is 5.92. The van der Waals surface area contributed by atoms with Crippen LogP contribution >= 0.6 is 0 Å². The molecule has 1 rings (SSSR count). The first-order valence-electron chi connectivity index (χ1n) is 7.71. The summed E-state index contributed by atoms with van der Waals surface area (Å²) in [6.07, 6.45) is 0. The highest BCUT2D eigenvalue weighted by molar-refractivity contribution is 5.56. The summed E-state index contributed by atoms with van der Waals surface area (Å²) >= 11 is 0. The largest absolute Gasteiger partial charge is 0.380 e. The van der Waals surface area contributed by atoms with Gasteiger partial charge >= 0.3 is 0 Å². The van der Waals surface area contributed by atoms with Gasteiger partial charge in [0.2, 0.25) is 0 Å². The van der Waals surface area contributed by atoms with E-state index in [0.717, 1.165) is 48.9 Å². The molecule has 0 unspecified atom stereocenters. The van der Waals surface area contributed by atoms with Crippen molar-refractivity contribution in [3.05, 3.63) is 23.0 Å². The molecule has 0 bridgehead atoms. The zero-order chi connectivity index (χ0) is 15.7. The minimum atomic E-state index is 0.494. The Hall–Kier alpha value is -1.17. The number of anilines is 1. The van der Waals surface area contributed by atoms with Crippen molar-refractivity contribution in [1.29, 1.82) is 0 Å². The summed E-state index contributed by atoms with van der Waals surface area (Å²) < 4.78 is 11.0. The fourth-order valence-corrected chi connectivity index (χ4v) is 2.36. The number of rotatable bonds is 10. The molecule has 0 aliphatic rings. The average Bonchev–Trinajstić information content (AvgIpc) is 2.45. The van der Waals surface area contributed by atoms with E-state index in [4.69, 9.17) is 15.2 Å². The van der Waals surface area contributed by atoms with Gasteiger partial charge in [-0.15, -0.1) is 0 Å². The molecule has 0 aromatic carbocycles. The minimum absolute atomic E-state index is 0.494. The molecule has 0 fully saturated rings. The molecule has 1 aromatic rings. The smallest absolute Gasteiger partial charge is 0.0641 e. The van der Waals surface area contributed by atoms with Gasteiger partial charge in [-0.3, -0.25) is 4.98 Å². The first-order valence-corrected chi connectivity index (χ1v) is 7.71. The van der Waals surface area contributed by atoms with Crippen LogP contribution in [0.1, 0.15) is 30.8 Å². The highest BCUT2D eigenvalue weighted by Crippen LogP contribution is 2.23. The van der Waals surface area contributed by atoms with Crippen LogP contribution in [-0.2, 0) is 16.0 Å². The van der Waals surface area contributed by atoms with Crippen molar-refractivity contribution < 1.29 is 9.47 Å². The molecule has 0 saturated heterocycles. The van der Waals surface area contributed by atoms with Gasteiger partial charge in [-0.25, -0.2) is 0 Å². The second-order valence-corrected chi connectivity index (χ2v) is 4.93. The number of hydrogen-bond acceptors (Lipinski definition) is 5. The average molecular weight is 295 g/mol. The molecule has 0 aliphatic heterocycles. The predicted molar refractivity (Wildman–Crippen MR) is 86.8 cm³/mol. The van der Waals surface area contributed by atoms with Crippen molar-refractivity contribution in [1.82, 2.24) is 4.98 Å². The maximum Gasteiger partial charge on any atom is 0.0641 e. The molecule has 0 aliphatic carbocycles. The first-order chi connectivity index (χ1) is 10.1. The van der Waals surface area contributed by atoms with Crippen molar-refractivity contribution in [2.45, 2.75) is 34.2 Å². The highest BCUT2D eigenvalue weighted by atomic mass is 16.5. The van der Waals surface area contributed by atoms with E-state index >= 15 is 0 Å². The van der Waals surface area contributed by atoms with Crippen LogP contribution in [0, 0.1) is 13.8 Å². The van der Waals surface area contributed by atoms with Gasteiger partial charge in [0.05, 0.1) is 13.2 Å². The third-order valence-electron chi connectivity index (χ3n) is 3.40. The molecule has 0 atom stereocenters. The lowest BCUT2D eigenvalue weighted by Crippen LogP contribution is -2.32. The molecule has 0 spiro atoms. The summed E-state index contributed by atoms with van der Waals surface area (Å²) in [5.74, 6) is 0. The Kier molecular flexibility index (Phi) is 8.27. The zero-order valence-corrected chi connectivity index (χ0v) is 13.8. The zero-order valence-electron chi connectivity index (χ0n) is 13.8. The Morgan fingerprint density at radius 2 is 1.67 bits per heavy atom. The molecule has 0 radical (unpaired) electrons. The van der Waals surface area contributed by atoms with E-state index in [1.165, 1.54) is 0 Å². The number of aromatic nitrogens is 1. The van der Waals surface area contributed by atoms with Gasteiger partial charge in [-0.05, 0) is 33.8 Å². The standard InChI is InChI=1S/C16H29N3O2/c1-5-20-9-7-19(8-10-21-6-2)16-11-13(3)18-14(4)15(16)12-17/h11H,5-10,12,17H2,1-4H3. The highest BCUT2D eigenvalue weighted by Gasteiger charge is 2.14. The number of nitrogens with zero attached hydrogens (tertiary/aromatic N) is 2. The summed E-state index contributed by atoms with van der Waals surface area (Å²) in [6.45, 7) is 13.1. The Morgan fingerprint density at radius 3 is 2.14 bits per heavy atom. The summed E-state index contributed by atoms with van der Waals surface area (Å²) in [7, 11) is 0. The molecular formula is C16H29N3O2. The number of pyridine rings is 1. The Morgan fingerprint density at radius 1 is 1.10 bits per heavy atom. The third-order valence-corrected chi connectivity index (χ3v) is 3.40. The van der Waals surface area contributed by atoms with E-state index in [-0.39, 0.29) is 0 Å². The lowest BCUT2D eigenvalue weighted by molar-refractivity contribution is 0.141. The quantitative estimate of drug-likeness (QED) is 0.669. The Bertz CT molecular complexity index is 414. The molecule has 1 aromatic heterocycles. The molecular weight excluding hydrogens is 266 g/mol. The van der Waals surface area contributed by atoms with Crippen molar-refractivity contribution in [3.63, 3.8) is 0 Å². The van der Waals surface area contributed by atoms with Crippen molar-refractivity contribution >= 4 is 5.69 Å². The molecule has 5 heteroatoms. The Balaban J connectivity index is 2.94. The lowest BCUT2D eigenvalue weighted by atomic mass is 10.1. The van der Waals surface area contributed by atoms with E-state index in [9.17, 15) is 0 Å². The van der Waals surface area contributed by atoms with E-state index in [1.54, 1.807) is 0 Å². The fourth-order valence-electron chi connectivity index (χ4n) is 2.36. The number of ether oxygens (including phenoxy) is 2. The molecule has 2 N–H and O–H groups in total. The monoisotopic (exact) mass is 295 g/mol. The van der Waals surface area contributed by atoms with Crippen LogP contribution in [0.3, 0.4) is 0 Å². The van der Waals surface area contributed by atoms with Crippen LogP contribution in [0.4, 0.5) is 5.69 Å². The fraction of sp³-hybridized carbons (Fsp3) is 0.688. The van der Waals surface area contributed by atoms with Gasteiger partial charge in [0.1, 0.15) is 0 Å². The minimum Gasteiger partial charge on any atom is -0.380 e. The first kappa shape index (κ1) is 17.9. The summed E-state index contributed by atoms with van der Waals surface area (Å²) in [5.41, 5.74) is 10.2. The molecule has 120 valence electrons. The van der Waals surface area contributed by atoms with Gasteiger partial charge in [0.25, 0.3) is 0 Å². The van der Waals surface area contributed by atoms with E-state index in [0.29, 0.717) is 19.8 Å². The second-order valence-electron chi connectivity index (χ2n) is 4.93. The van der Waals surface area contributed by atoms with E-state index in [2.05, 4.69) is 16.0 Å². The maximum atomic E-state index is 5.92. The van der Waals surface area contributed by atoms with Gasteiger partial charge in [-0.1, -0.05) is 0 Å². The van der Waals surface area contributed by atoms with Crippen molar-refractivity contribution in [2.75, 3.05) is 44.4 Å². The van der Waals surface area contributed by atoms with Gasteiger partial charge in [0, 0.05) is 55.5 Å². The van der Waals surface area contributed by atoms with E-state index in [1.807, 2.05) is 27.7 Å². The van der Waals surface area contributed by atoms with Crippen molar-refractivity contribution in [3.8, 4) is 0 Å². The van der Waals surface area contributed by atoms with Gasteiger partial charge in [-0.2, -0.15) is 0 Å². The van der Waals surface area contributed by atoms with Crippen LogP contribution in [0.2, 0.25) is 0 Å². The second kappa shape index (κ2) is 9.71. The molecule has 1 heterocycles. The molecule has 0 saturated carbocycles. The Labute approximate surface area is 128 Å². The van der Waals surface area contributed by atoms with Crippen LogP contribution in [0.5, 0.6) is 0 Å². The summed E-state index contributed by atoms with van der Waals surface area (Å²) in [6, 6.07) is 2.10. The number of nitrogens with two attached hydrogens (primary N) is 1. The van der Waals surface area contributed by atoms with E-state index < -0.39 is 0 Å². The van der Waals surface area contributed by atoms with Crippen LogP contribution in [0.15, 0.2) is 6.07 Å². The predicted octanol–water partition coefficient (Wildman–Crippen LogP) is 2.04. The van der Waals surface area contributed by atoms with Gasteiger partial charge < -0.3 is 20.1 Å². The molecule has 5 nitrogen and oxygen atoms in total. The van der Waals surface area contributed by atoms with Crippen molar-refractivity contribution in [2.24, 2.45) is 5.73 Å². The summed E-state index contributed by atoms with van der Waals surface area (Å²) in [5, 5.41) is 0. The topological polar surface area (TPSA) is 60.6 Å². The summed E-state index contributed by atoms with van der Waals surface area (Å²) in [4.78, 5) is 6.80. The SMILES string of the molecule is CCOCCN(CCOCC)c1cc(C)nc(C)c1CN. The molecule has 0 amide bonds. The third kappa shape index (κ3) is 5.61. The van der Waals surface area contributed by atoms with Gasteiger partial charge in [0.15, 0.2) is 0 Å². The van der Waals surface area contributed by atoms with Crippen LogP contribution in [0.25, 0.3) is 0 Å². The number of hydrogen-bond donors (Lipinski definition) is 1. The van der Waals surface area contributed by atoms with Crippen LogP contribution in [-0.4, -0.2) is 44.5 Å².